The Morgan fingerprint density at radius 1 is 1.00 bits per heavy atom. The lowest BCUT2D eigenvalue weighted by molar-refractivity contribution is -0.122. The summed E-state index contributed by atoms with van der Waals surface area (Å²) in [6.07, 6.45) is 3.92. The third-order valence-electron chi connectivity index (χ3n) is 5.51. The van der Waals surface area contributed by atoms with Crippen LogP contribution >= 0.6 is 11.3 Å². The van der Waals surface area contributed by atoms with Crippen molar-refractivity contribution in [2.75, 3.05) is 25.0 Å². The predicted molar refractivity (Wildman–Crippen MR) is 125 cm³/mol. The van der Waals surface area contributed by atoms with Crippen LogP contribution in [0.2, 0.25) is 0 Å². The molecule has 2 N–H and O–H groups in total. The Balaban J connectivity index is 1.12. The summed E-state index contributed by atoms with van der Waals surface area (Å²) >= 11 is 1.71. The van der Waals surface area contributed by atoms with Gasteiger partial charge in [-0.3, -0.25) is 14.5 Å². The van der Waals surface area contributed by atoms with E-state index in [1.807, 2.05) is 48.5 Å². The van der Waals surface area contributed by atoms with Gasteiger partial charge in [-0.15, -0.1) is 11.3 Å². The first-order valence-electron chi connectivity index (χ1n) is 10.9. The van der Waals surface area contributed by atoms with E-state index in [1.54, 1.807) is 11.3 Å². The van der Waals surface area contributed by atoms with Gasteiger partial charge in [0.1, 0.15) is 0 Å². The molecule has 1 aliphatic heterocycles. The van der Waals surface area contributed by atoms with Crippen molar-refractivity contribution in [1.82, 2.24) is 15.2 Å². The molecule has 0 atom stereocenters. The van der Waals surface area contributed by atoms with Gasteiger partial charge in [0.05, 0.1) is 21.8 Å². The molecule has 1 aliphatic rings. The molecule has 31 heavy (non-hydrogen) atoms. The Labute approximate surface area is 186 Å². The molecule has 2 amide bonds. The number of para-hydroxylation sites is 2. The van der Waals surface area contributed by atoms with Crippen LogP contribution in [0.5, 0.6) is 0 Å². The van der Waals surface area contributed by atoms with Gasteiger partial charge < -0.3 is 10.6 Å². The molecule has 1 saturated heterocycles. The second-order valence-corrected chi connectivity index (χ2v) is 9.08. The minimum atomic E-state index is 0.00327. The van der Waals surface area contributed by atoms with E-state index >= 15 is 0 Å². The number of hydrogen-bond donors (Lipinski definition) is 2. The van der Waals surface area contributed by atoms with Crippen molar-refractivity contribution in [3.05, 3.63) is 59.6 Å². The Kier molecular flexibility index (Phi) is 7.27. The maximum absolute atomic E-state index is 12.3. The molecule has 2 aromatic carbocycles. The number of aryl methyl sites for hydroxylation is 1. The molecule has 162 valence electrons. The van der Waals surface area contributed by atoms with Gasteiger partial charge in [0.2, 0.25) is 11.8 Å². The van der Waals surface area contributed by atoms with Crippen LogP contribution in [-0.2, 0) is 16.0 Å². The van der Waals surface area contributed by atoms with Crippen molar-refractivity contribution in [3.8, 4) is 0 Å². The van der Waals surface area contributed by atoms with Gasteiger partial charge in [-0.1, -0.05) is 30.3 Å². The highest BCUT2D eigenvalue weighted by Crippen LogP contribution is 2.22. The summed E-state index contributed by atoms with van der Waals surface area (Å²) in [5, 5.41) is 7.18. The number of carbonyl (C=O) groups excluding carboxylic acids is 2. The molecule has 0 saturated carbocycles. The smallest absolute Gasteiger partial charge is 0.238 e. The molecule has 1 fully saturated rings. The molecule has 4 rings (SSSR count). The van der Waals surface area contributed by atoms with Gasteiger partial charge in [-0.25, -0.2) is 4.98 Å². The van der Waals surface area contributed by atoms with Crippen molar-refractivity contribution in [1.29, 1.82) is 0 Å². The normalized spacial score (nSPS) is 15.1. The highest BCUT2D eigenvalue weighted by molar-refractivity contribution is 7.18. The standard InChI is InChI=1S/C24H28N4O2S/c29-22(11-6-12-24-27-20-9-4-5-10-21(20)31-24)25-19-13-15-28(16-14-19)17-23(30)26-18-7-2-1-3-8-18/h1-5,7-10,19H,6,11-17H2,(H,25,29)(H,26,30). The van der Waals surface area contributed by atoms with E-state index in [4.69, 9.17) is 0 Å². The lowest BCUT2D eigenvalue weighted by atomic mass is 10.0. The summed E-state index contributed by atoms with van der Waals surface area (Å²) in [7, 11) is 0. The summed E-state index contributed by atoms with van der Waals surface area (Å²) in [6.45, 7) is 2.02. The number of amides is 2. The monoisotopic (exact) mass is 436 g/mol. The van der Waals surface area contributed by atoms with E-state index in [9.17, 15) is 9.59 Å². The lowest BCUT2D eigenvalue weighted by Gasteiger charge is -2.31. The van der Waals surface area contributed by atoms with Crippen LogP contribution in [0.25, 0.3) is 10.2 Å². The second-order valence-electron chi connectivity index (χ2n) is 7.96. The number of thiazole rings is 1. The third kappa shape index (κ3) is 6.35. The maximum Gasteiger partial charge on any atom is 0.238 e. The molecule has 2 heterocycles. The molecule has 0 aliphatic carbocycles. The molecule has 0 bridgehead atoms. The number of carbonyl (C=O) groups is 2. The van der Waals surface area contributed by atoms with Gasteiger partial charge >= 0.3 is 0 Å². The fourth-order valence-electron chi connectivity index (χ4n) is 3.89. The highest BCUT2D eigenvalue weighted by Gasteiger charge is 2.22. The number of nitrogens with one attached hydrogen (secondary N) is 2. The number of hydrogen-bond acceptors (Lipinski definition) is 5. The van der Waals surface area contributed by atoms with E-state index in [0.717, 1.165) is 55.0 Å². The first-order chi connectivity index (χ1) is 15.2. The Bertz CT molecular complexity index is 980. The van der Waals surface area contributed by atoms with Crippen molar-refractivity contribution in [3.63, 3.8) is 0 Å². The van der Waals surface area contributed by atoms with Crippen molar-refractivity contribution in [2.24, 2.45) is 0 Å². The number of benzene rings is 2. The quantitative estimate of drug-likeness (QED) is 0.563. The number of aromatic nitrogens is 1. The largest absolute Gasteiger partial charge is 0.353 e. The first kappa shape index (κ1) is 21.5. The zero-order valence-electron chi connectivity index (χ0n) is 17.5. The van der Waals surface area contributed by atoms with Gasteiger partial charge in [0.25, 0.3) is 0 Å². The topological polar surface area (TPSA) is 74.3 Å². The molecule has 3 aromatic rings. The summed E-state index contributed by atoms with van der Waals surface area (Å²) in [6, 6.07) is 17.8. The van der Waals surface area contributed by atoms with Crippen LogP contribution in [0.3, 0.4) is 0 Å². The zero-order chi connectivity index (χ0) is 21.5. The predicted octanol–water partition coefficient (Wildman–Crippen LogP) is 3.84. The van der Waals surface area contributed by atoms with E-state index in [2.05, 4.69) is 26.6 Å². The van der Waals surface area contributed by atoms with E-state index in [1.165, 1.54) is 4.70 Å². The Morgan fingerprint density at radius 2 is 1.74 bits per heavy atom. The van der Waals surface area contributed by atoms with Crippen LogP contribution < -0.4 is 10.6 Å². The molecule has 1 aromatic heterocycles. The van der Waals surface area contributed by atoms with E-state index < -0.39 is 0 Å². The van der Waals surface area contributed by atoms with Gasteiger partial charge in [0, 0.05) is 31.2 Å². The molecule has 0 radical (unpaired) electrons. The van der Waals surface area contributed by atoms with E-state index in [0.29, 0.717) is 13.0 Å². The molecular formula is C24H28N4O2S. The molecule has 0 spiro atoms. The minimum absolute atomic E-state index is 0.00327. The summed E-state index contributed by atoms with van der Waals surface area (Å²) in [5.41, 5.74) is 1.86. The number of likely N-dealkylation sites (tertiary alicyclic amines) is 1. The summed E-state index contributed by atoms with van der Waals surface area (Å²) < 4.78 is 1.20. The van der Waals surface area contributed by atoms with Crippen LogP contribution in [0.1, 0.15) is 30.7 Å². The first-order valence-corrected chi connectivity index (χ1v) is 11.7. The maximum atomic E-state index is 12.3. The van der Waals surface area contributed by atoms with Crippen LogP contribution in [0, 0.1) is 0 Å². The van der Waals surface area contributed by atoms with Crippen molar-refractivity contribution >= 4 is 39.1 Å². The van der Waals surface area contributed by atoms with Gasteiger partial charge in [-0.2, -0.15) is 0 Å². The number of fused-ring (bicyclic) bond motifs is 1. The SMILES string of the molecule is O=C(CN1CCC(NC(=O)CCCc2nc3ccccc3s2)CC1)Nc1ccccc1. The average molecular weight is 437 g/mol. The number of anilines is 1. The van der Waals surface area contributed by atoms with Crippen LogP contribution in [0.4, 0.5) is 5.69 Å². The van der Waals surface area contributed by atoms with Gasteiger partial charge in [0.15, 0.2) is 0 Å². The second kappa shape index (κ2) is 10.5. The minimum Gasteiger partial charge on any atom is -0.353 e. The molecule has 7 heteroatoms. The third-order valence-corrected chi connectivity index (χ3v) is 6.61. The number of rotatable bonds is 8. The molecular weight excluding hydrogens is 408 g/mol. The lowest BCUT2D eigenvalue weighted by Crippen LogP contribution is -2.46. The van der Waals surface area contributed by atoms with Gasteiger partial charge in [-0.05, 0) is 49.9 Å². The average Bonchev–Trinajstić information content (AvgIpc) is 3.18. The Morgan fingerprint density at radius 3 is 2.52 bits per heavy atom. The van der Waals surface area contributed by atoms with E-state index in [-0.39, 0.29) is 17.9 Å². The Hall–Kier alpha value is -2.77. The summed E-state index contributed by atoms with van der Waals surface area (Å²) in [4.78, 5) is 31.3. The van der Waals surface area contributed by atoms with Crippen LogP contribution in [-0.4, -0.2) is 47.4 Å². The number of piperidine rings is 1. The molecule has 0 unspecified atom stereocenters. The fraction of sp³-hybridized carbons (Fsp3) is 0.375. The van der Waals surface area contributed by atoms with Crippen molar-refractivity contribution in [2.45, 2.75) is 38.1 Å². The van der Waals surface area contributed by atoms with Crippen molar-refractivity contribution < 1.29 is 9.59 Å². The number of nitrogens with zero attached hydrogens (tertiary/aromatic N) is 2. The molecule has 6 nitrogen and oxygen atoms in total. The zero-order valence-corrected chi connectivity index (χ0v) is 18.4. The fourth-order valence-corrected chi connectivity index (χ4v) is 4.90. The van der Waals surface area contributed by atoms with Crippen LogP contribution in [0.15, 0.2) is 54.6 Å². The summed E-state index contributed by atoms with van der Waals surface area (Å²) in [5.74, 6) is 0.116. The highest BCUT2D eigenvalue weighted by atomic mass is 32.1.